The van der Waals surface area contributed by atoms with Crippen molar-refractivity contribution >= 4 is 5.97 Å². The fraction of sp³-hybridized carbons (Fsp3) is 0.167. The van der Waals surface area contributed by atoms with Crippen molar-refractivity contribution in [1.29, 1.82) is 0 Å². The summed E-state index contributed by atoms with van der Waals surface area (Å²) in [5.41, 5.74) is 0. The highest BCUT2D eigenvalue weighted by Gasteiger charge is 1.85. The Morgan fingerprint density at radius 3 is 2.56 bits per heavy atom. The molecule has 0 saturated heterocycles. The highest BCUT2D eigenvalue weighted by atomic mass is 16.5. The molecular weight excluding hydrogens is 120 g/mol. The van der Waals surface area contributed by atoms with E-state index < -0.39 is 5.97 Å². The summed E-state index contributed by atoms with van der Waals surface area (Å²) in [5, 5.41) is 8.07. The normalized spacial score (nSPS) is 9.44. The zero-order valence-corrected chi connectivity index (χ0v) is 5.13. The molecular formula is C6H8O3. The summed E-state index contributed by atoms with van der Waals surface area (Å²) in [7, 11) is 1.43. The molecule has 9 heavy (non-hydrogen) atoms. The number of ether oxygens (including phenoxy) is 1. The SMILES string of the molecule is C=C(/C=C/C(=O)O)OC. The Morgan fingerprint density at radius 1 is 1.67 bits per heavy atom. The topological polar surface area (TPSA) is 46.5 Å². The first-order valence-corrected chi connectivity index (χ1v) is 2.30. The van der Waals surface area contributed by atoms with E-state index in [4.69, 9.17) is 5.11 Å². The molecule has 3 nitrogen and oxygen atoms in total. The number of carboxylic acids is 1. The number of hydrogen-bond donors (Lipinski definition) is 1. The molecule has 0 saturated carbocycles. The second-order valence-electron chi connectivity index (χ2n) is 1.34. The number of allylic oxidation sites excluding steroid dienone is 1. The average molecular weight is 128 g/mol. The van der Waals surface area contributed by atoms with Gasteiger partial charge >= 0.3 is 5.97 Å². The van der Waals surface area contributed by atoms with Gasteiger partial charge in [0.25, 0.3) is 0 Å². The number of carboxylic acid groups (broad SMARTS) is 1. The Hall–Kier alpha value is -1.25. The monoisotopic (exact) mass is 128 g/mol. The van der Waals surface area contributed by atoms with Crippen LogP contribution in [0.25, 0.3) is 0 Å². The van der Waals surface area contributed by atoms with Crippen molar-refractivity contribution in [3.63, 3.8) is 0 Å². The van der Waals surface area contributed by atoms with Crippen LogP contribution < -0.4 is 0 Å². The summed E-state index contributed by atoms with van der Waals surface area (Å²) in [4.78, 5) is 9.84. The molecule has 0 bridgehead atoms. The van der Waals surface area contributed by atoms with Crippen LogP contribution in [0.5, 0.6) is 0 Å². The van der Waals surface area contributed by atoms with E-state index in [0.29, 0.717) is 5.76 Å². The van der Waals surface area contributed by atoms with Gasteiger partial charge in [-0.1, -0.05) is 6.58 Å². The summed E-state index contributed by atoms with van der Waals surface area (Å²) in [5.74, 6) is -0.675. The molecule has 50 valence electrons. The predicted octanol–water partition coefficient (Wildman–Crippen LogP) is 0.787. The largest absolute Gasteiger partial charge is 0.497 e. The van der Waals surface area contributed by atoms with Crippen molar-refractivity contribution in [3.05, 3.63) is 24.5 Å². The van der Waals surface area contributed by atoms with E-state index in [2.05, 4.69) is 11.3 Å². The third-order valence-corrected chi connectivity index (χ3v) is 0.674. The van der Waals surface area contributed by atoms with Crippen molar-refractivity contribution in [1.82, 2.24) is 0 Å². The lowest BCUT2D eigenvalue weighted by molar-refractivity contribution is -0.131. The number of methoxy groups -OCH3 is 1. The van der Waals surface area contributed by atoms with Gasteiger partial charge in [0.05, 0.1) is 7.11 Å². The molecule has 0 aromatic rings. The maximum atomic E-state index is 9.84. The van der Waals surface area contributed by atoms with Crippen LogP contribution in [0, 0.1) is 0 Å². The fourth-order valence-electron chi connectivity index (χ4n) is 0.232. The summed E-state index contributed by atoms with van der Waals surface area (Å²) < 4.78 is 4.56. The molecule has 0 fully saturated rings. The standard InChI is InChI=1S/C6H8O3/c1-5(9-2)3-4-6(7)8/h3-4H,1H2,2H3,(H,7,8)/b4-3+. The maximum Gasteiger partial charge on any atom is 0.328 e. The minimum atomic E-state index is -1.01. The lowest BCUT2D eigenvalue weighted by Crippen LogP contribution is -1.87. The van der Waals surface area contributed by atoms with Crippen LogP contribution in [0.3, 0.4) is 0 Å². The molecule has 0 spiro atoms. The van der Waals surface area contributed by atoms with Gasteiger partial charge in [-0.25, -0.2) is 4.79 Å². The Morgan fingerprint density at radius 2 is 2.22 bits per heavy atom. The number of rotatable bonds is 3. The smallest absolute Gasteiger partial charge is 0.328 e. The van der Waals surface area contributed by atoms with Crippen LogP contribution in [-0.2, 0) is 9.53 Å². The Balaban J connectivity index is 3.71. The Bertz CT molecular complexity index is 146. The molecule has 0 aromatic carbocycles. The van der Waals surface area contributed by atoms with E-state index >= 15 is 0 Å². The molecule has 0 radical (unpaired) electrons. The van der Waals surface area contributed by atoms with E-state index in [1.54, 1.807) is 0 Å². The van der Waals surface area contributed by atoms with Gasteiger partial charge in [0.15, 0.2) is 0 Å². The van der Waals surface area contributed by atoms with Crippen LogP contribution >= 0.6 is 0 Å². The van der Waals surface area contributed by atoms with Crippen molar-refractivity contribution in [3.8, 4) is 0 Å². The van der Waals surface area contributed by atoms with Gasteiger partial charge < -0.3 is 9.84 Å². The summed E-state index contributed by atoms with van der Waals surface area (Å²) in [6.45, 7) is 3.37. The van der Waals surface area contributed by atoms with Crippen molar-refractivity contribution in [2.24, 2.45) is 0 Å². The zero-order chi connectivity index (χ0) is 7.28. The highest BCUT2D eigenvalue weighted by Crippen LogP contribution is 1.90. The van der Waals surface area contributed by atoms with E-state index in [1.807, 2.05) is 0 Å². The molecule has 1 N–H and O–H groups in total. The molecule has 0 heterocycles. The zero-order valence-electron chi connectivity index (χ0n) is 5.13. The fourth-order valence-corrected chi connectivity index (χ4v) is 0.232. The third-order valence-electron chi connectivity index (χ3n) is 0.674. The summed E-state index contributed by atoms with van der Waals surface area (Å²) in [6, 6.07) is 0. The van der Waals surface area contributed by atoms with E-state index in [1.165, 1.54) is 13.2 Å². The van der Waals surface area contributed by atoms with E-state index in [9.17, 15) is 4.79 Å². The van der Waals surface area contributed by atoms with Gasteiger partial charge in [-0.2, -0.15) is 0 Å². The van der Waals surface area contributed by atoms with Crippen LogP contribution in [0.4, 0.5) is 0 Å². The minimum Gasteiger partial charge on any atom is -0.497 e. The van der Waals surface area contributed by atoms with Gasteiger partial charge in [-0.15, -0.1) is 0 Å². The molecule has 0 rings (SSSR count). The van der Waals surface area contributed by atoms with Crippen LogP contribution in [0.15, 0.2) is 24.5 Å². The lowest BCUT2D eigenvalue weighted by atomic mass is 10.4. The second kappa shape index (κ2) is 3.72. The quantitative estimate of drug-likeness (QED) is 0.347. The highest BCUT2D eigenvalue weighted by molar-refractivity contribution is 5.80. The van der Waals surface area contributed by atoms with Crippen LogP contribution in [0.2, 0.25) is 0 Å². The van der Waals surface area contributed by atoms with Gasteiger partial charge in [-0.05, 0) is 6.08 Å². The molecule has 0 atom stereocenters. The number of aliphatic carboxylic acids is 1. The summed E-state index contributed by atoms with van der Waals surface area (Å²) in [6.07, 6.45) is 2.24. The first-order valence-electron chi connectivity index (χ1n) is 2.30. The summed E-state index contributed by atoms with van der Waals surface area (Å²) >= 11 is 0. The first-order chi connectivity index (χ1) is 4.16. The molecule has 0 amide bonds. The van der Waals surface area contributed by atoms with Gasteiger partial charge in [0, 0.05) is 6.08 Å². The van der Waals surface area contributed by atoms with Gasteiger partial charge in [-0.3, -0.25) is 0 Å². The predicted molar refractivity (Wildman–Crippen MR) is 32.9 cm³/mol. The molecule has 0 unspecified atom stereocenters. The molecule has 0 aliphatic carbocycles. The van der Waals surface area contributed by atoms with Crippen molar-refractivity contribution in [2.45, 2.75) is 0 Å². The Kier molecular flexibility index (Phi) is 3.20. The molecule has 0 aliphatic rings. The van der Waals surface area contributed by atoms with Crippen LogP contribution in [0.1, 0.15) is 0 Å². The van der Waals surface area contributed by atoms with Crippen molar-refractivity contribution in [2.75, 3.05) is 7.11 Å². The van der Waals surface area contributed by atoms with Gasteiger partial charge in [0.1, 0.15) is 5.76 Å². The van der Waals surface area contributed by atoms with E-state index in [0.717, 1.165) is 6.08 Å². The first kappa shape index (κ1) is 7.75. The Labute approximate surface area is 53.3 Å². The number of hydrogen-bond acceptors (Lipinski definition) is 2. The third kappa shape index (κ3) is 4.61. The minimum absolute atomic E-state index is 0.331. The van der Waals surface area contributed by atoms with E-state index in [-0.39, 0.29) is 0 Å². The second-order valence-corrected chi connectivity index (χ2v) is 1.34. The molecule has 0 aliphatic heterocycles. The lowest BCUT2D eigenvalue weighted by Gasteiger charge is -1.92. The molecule has 3 heteroatoms. The number of carbonyl (C=O) groups is 1. The van der Waals surface area contributed by atoms with Crippen LogP contribution in [-0.4, -0.2) is 18.2 Å². The van der Waals surface area contributed by atoms with Gasteiger partial charge in [0.2, 0.25) is 0 Å². The average Bonchev–Trinajstić information content (AvgIpc) is 1.83. The molecule has 0 aromatic heterocycles. The maximum absolute atomic E-state index is 9.84. The van der Waals surface area contributed by atoms with Crippen molar-refractivity contribution < 1.29 is 14.6 Å².